The van der Waals surface area contributed by atoms with Crippen molar-refractivity contribution in [2.75, 3.05) is 6.61 Å². The molecular formula is C18H16ClNO4. The van der Waals surface area contributed by atoms with Crippen LogP contribution in [0.25, 0.3) is 0 Å². The number of hydrogen-bond acceptors (Lipinski definition) is 4. The maximum Gasteiger partial charge on any atom is 0.308 e. The number of ether oxygens (including phenoxy) is 2. The van der Waals surface area contributed by atoms with E-state index in [9.17, 15) is 9.59 Å². The number of benzene rings is 2. The van der Waals surface area contributed by atoms with E-state index in [0.717, 1.165) is 11.3 Å². The summed E-state index contributed by atoms with van der Waals surface area (Å²) in [7, 11) is 0. The molecule has 1 atom stereocenters. The number of nitrogens with one attached hydrogen (secondary N) is 1. The first-order valence-electron chi connectivity index (χ1n) is 7.54. The number of amides is 1. The number of carbonyl (C=O) groups excluding carboxylic acids is 2. The molecular weight excluding hydrogens is 330 g/mol. The summed E-state index contributed by atoms with van der Waals surface area (Å²) in [4.78, 5) is 23.4. The Morgan fingerprint density at radius 2 is 1.96 bits per heavy atom. The average molecular weight is 346 g/mol. The SMILES string of the molecule is CC(=O)Oc1ccc(C(=O)NC2CCOc3ccc(Cl)cc32)cc1. The topological polar surface area (TPSA) is 64.6 Å². The van der Waals surface area contributed by atoms with Gasteiger partial charge in [-0.3, -0.25) is 9.59 Å². The first-order chi connectivity index (χ1) is 11.5. The normalized spacial score (nSPS) is 15.8. The van der Waals surface area contributed by atoms with Gasteiger partial charge in [0.1, 0.15) is 11.5 Å². The molecule has 0 aromatic heterocycles. The molecule has 0 bridgehead atoms. The Balaban J connectivity index is 1.74. The molecule has 3 rings (SSSR count). The summed E-state index contributed by atoms with van der Waals surface area (Å²) in [5.74, 6) is 0.536. The predicted octanol–water partition coefficient (Wildman–Crippen LogP) is 3.52. The zero-order chi connectivity index (χ0) is 17.1. The number of fused-ring (bicyclic) bond motifs is 1. The van der Waals surface area contributed by atoms with Gasteiger partial charge in [0.2, 0.25) is 0 Å². The van der Waals surface area contributed by atoms with Crippen molar-refractivity contribution in [3.63, 3.8) is 0 Å². The first-order valence-corrected chi connectivity index (χ1v) is 7.92. The molecule has 0 spiro atoms. The molecule has 2 aromatic carbocycles. The van der Waals surface area contributed by atoms with E-state index in [1.54, 1.807) is 30.3 Å². The largest absolute Gasteiger partial charge is 0.493 e. The first kappa shape index (κ1) is 16.3. The molecule has 1 amide bonds. The monoisotopic (exact) mass is 345 g/mol. The van der Waals surface area contributed by atoms with Crippen molar-refractivity contribution in [1.29, 1.82) is 0 Å². The van der Waals surface area contributed by atoms with Crippen LogP contribution in [0.1, 0.15) is 35.3 Å². The minimum absolute atomic E-state index is 0.159. The van der Waals surface area contributed by atoms with Crippen molar-refractivity contribution < 1.29 is 19.1 Å². The fourth-order valence-corrected chi connectivity index (χ4v) is 2.78. The molecule has 5 nitrogen and oxygen atoms in total. The zero-order valence-corrected chi connectivity index (χ0v) is 13.8. The molecule has 0 saturated heterocycles. The van der Waals surface area contributed by atoms with E-state index in [0.29, 0.717) is 29.4 Å². The third-order valence-electron chi connectivity index (χ3n) is 3.69. The zero-order valence-electron chi connectivity index (χ0n) is 13.0. The van der Waals surface area contributed by atoms with Crippen molar-refractivity contribution in [3.8, 4) is 11.5 Å². The lowest BCUT2D eigenvalue weighted by atomic mass is 10.00. The van der Waals surface area contributed by atoms with Gasteiger partial charge in [-0.1, -0.05) is 11.6 Å². The molecule has 124 valence electrons. The lowest BCUT2D eigenvalue weighted by Gasteiger charge is -2.27. The third-order valence-corrected chi connectivity index (χ3v) is 3.93. The van der Waals surface area contributed by atoms with Gasteiger partial charge in [-0.25, -0.2) is 0 Å². The number of halogens is 1. The Morgan fingerprint density at radius 1 is 1.21 bits per heavy atom. The maximum atomic E-state index is 12.4. The summed E-state index contributed by atoms with van der Waals surface area (Å²) in [6.45, 7) is 1.86. The van der Waals surface area contributed by atoms with Crippen LogP contribution in [0.15, 0.2) is 42.5 Å². The summed E-state index contributed by atoms with van der Waals surface area (Å²) >= 11 is 6.04. The van der Waals surface area contributed by atoms with Crippen molar-refractivity contribution in [1.82, 2.24) is 5.32 Å². The van der Waals surface area contributed by atoms with Crippen molar-refractivity contribution in [3.05, 3.63) is 58.6 Å². The van der Waals surface area contributed by atoms with Gasteiger partial charge < -0.3 is 14.8 Å². The van der Waals surface area contributed by atoms with Gasteiger partial charge in [-0.2, -0.15) is 0 Å². The molecule has 24 heavy (non-hydrogen) atoms. The number of carbonyl (C=O) groups is 2. The van der Waals surface area contributed by atoms with Crippen molar-refractivity contribution >= 4 is 23.5 Å². The van der Waals surface area contributed by atoms with Crippen LogP contribution in [0, 0.1) is 0 Å². The van der Waals surface area contributed by atoms with Crippen LogP contribution in [0.5, 0.6) is 11.5 Å². The molecule has 0 saturated carbocycles. The van der Waals surface area contributed by atoms with Gasteiger partial charge in [0, 0.05) is 29.5 Å². The summed E-state index contributed by atoms with van der Waals surface area (Å²) < 4.78 is 10.5. The minimum Gasteiger partial charge on any atom is -0.493 e. The molecule has 1 aliphatic heterocycles. The molecule has 1 heterocycles. The van der Waals surface area contributed by atoms with Crippen molar-refractivity contribution in [2.45, 2.75) is 19.4 Å². The standard InChI is InChI=1S/C18H16ClNO4/c1-11(21)24-14-5-2-12(3-6-14)18(22)20-16-8-9-23-17-7-4-13(19)10-15(16)17/h2-7,10,16H,8-9H2,1H3,(H,20,22). The number of esters is 1. The fourth-order valence-electron chi connectivity index (χ4n) is 2.60. The van der Waals surface area contributed by atoms with Crippen LogP contribution in [0.4, 0.5) is 0 Å². The lowest BCUT2D eigenvalue weighted by molar-refractivity contribution is -0.131. The molecule has 1 aliphatic rings. The van der Waals surface area contributed by atoms with Crippen LogP contribution >= 0.6 is 11.6 Å². The molecule has 1 N–H and O–H groups in total. The van der Waals surface area contributed by atoms with E-state index >= 15 is 0 Å². The quantitative estimate of drug-likeness (QED) is 0.683. The van der Waals surface area contributed by atoms with Crippen LogP contribution in [-0.2, 0) is 4.79 Å². The van der Waals surface area contributed by atoms with Gasteiger partial charge in [0.15, 0.2) is 0 Å². The van der Waals surface area contributed by atoms with Gasteiger partial charge >= 0.3 is 5.97 Å². The fraction of sp³-hybridized carbons (Fsp3) is 0.222. The summed E-state index contributed by atoms with van der Waals surface area (Å²) in [6, 6.07) is 11.6. The summed E-state index contributed by atoms with van der Waals surface area (Å²) in [6.07, 6.45) is 0.671. The van der Waals surface area contributed by atoms with Crippen LogP contribution in [0.2, 0.25) is 5.02 Å². The number of hydrogen-bond donors (Lipinski definition) is 1. The Bertz CT molecular complexity index is 773. The average Bonchev–Trinajstić information content (AvgIpc) is 2.55. The van der Waals surface area contributed by atoms with E-state index < -0.39 is 5.97 Å². The second-order valence-electron chi connectivity index (χ2n) is 5.46. The van der Waals surface area contributed by atoms with Crippen LogP contribution in [0.3, 0.4) is 0 Å². The smallest absolute Gasteiger partial charge is 0.308 e. The second-order valence-corrected chi connectivity index (χ2v) is 5.90. The Hall–Kier alpha value is -2.53. The van der Waals surface area contributed by atoms with E-state index in [4.69, 9.17) is 21.1 Å². The van der Waals surface area contributed by atoms with Crippen molar-refractivity contribution in [2.24, 2.45) is 0 Å². The van der Waals surface area contributed by atoms with Gasteiger partial charge in [0.05, 0.1) is 12.6 Å². The van der Waals surface area contributed by atoms with Gasteiger partial charge in [-0.15, -0.1) is 0 Å². The highest BCUT2D eigenvalue weighted by Crippen LogP contribution is 2.34. The van der Waals surface area contributed by atoms with Gasteiger partial charge in [-0.05, 0) is 42.5 Å². The third kappa shape index (κ3) is 3.68. The predicted molar refractivity (Wildman–Crippen MR) is 89.5 cm³/mol. The Labute approximate surface area is 144 Å². The summed E-state index contributed by atoms with van der Waals surface area (Å²) in [5.41, 5.74) is 1.36. The molecule has 2 aromatic rings. The highest BCUT2D eigenvalue weighted by atomic mass is 35.5. The summed E-state index contributed by atoms with van der Waals surface area (Å²) in [5, 5.41) is 3.59. The Kier molecular flexibility index (Phi) is 4.71. The molecule has 0 aliphatic carbocycles. The van der Waals surface area contributed by atoms with E-state index in [1.807, 2.05) is 12.1 Å². The number of rotatable bonds is 3. The molecule has 1 unspecified atom stereocenters. The van der Waals surface area contributed by atoms with Crippen LogP contribution < -0.4 is 14.8 Å². The van der Waals surface area contributed by atoms with Crippen LogP contribution in [-0.4, -0.2) is 18.5 Å². The lowest BCUT2D eigenvalue weighted by Crippen LogP contribution is -2.32. The van der Waals surface area contributed by atoms with Gasteiger partial charge in [0.25, 0.3) is 5.91 Å². The van der Waals surface area contributed by atoms with E-state index in [2.05, 4.69) is 5.32 Å². The second kappa shape index (κ2) is 6.93. The maximum absolute atomic E-state index is 12.4. The van der Waals surface area contributed by atoms with E-state index in [1.165, 1.54) is 6.92 Å². The Morgan fingerprint density at radius 3 is 2.67 bits per heavy atom. The van der Waals surface area contributed by atoms with E-state index in [-0.39, 0.29) is 11.9 Å². The molecule has 0 radical (unpaired) electrons. The highest BCUT2D eigenvalue weighted by molar-refractivity contribution is 6.30. The highest BCUT2D eigenvalue weighted by Gasteiger charge is 2.23. The molecule has 6 heteroatoms. The minimum atomic E-state index is -0.400. The molecule has 0 fully saturated rings.